The number of carbonyl (C=O) groups excluding carboxylic acids is 1. The van der Waals surface area contributed by atoms with Crippen molar-refractivity contribution in [3.63, 3.8) is 0 Å². The Morgan fingerprint density at radius 1 is 0.829 bits per heavy atom. The third kappa shape index (κ3) is 6.81. The molecule has 0 aromatic heterocycles. The Bertz CT molecular complexity index is 1020. The Kier molecular flexibility index (Phi) is 10.3. The summed E-state index contributed by atoms with van der Waals surface area (Å²) in [5.74, 6) is -0.000370. The predicted molar refractivity (Wildman–Crippen MR) is 133 cm³/mol. The minimum Gasteiger partial charge on any atom is -0.497 e. The molecule has 0 saturated heterocycles. The van der Waals surface area contributed by atoms with E-state index in [0.29, 0.717) is 6.42 Å². The number of ether oxygens (including phenoxy) is 3. The fraction of sp³-hybridized carbons (Fsp3) is 0.259. The highest BCUT2D eigenvalue weighted by atomic mass is 16.5. The van der Waals surface area contributed by atoms with Gasteiger partial charge in [-0.2, -0.15) is 0 Å². The summed E-state index contributed by atoms with van der Waals surface area (Å²) in [4.78, 5) is 21.4. The number of rotatable bonds is 10. The lowest BCUT2D eigenvalue weighted by Gasteiger charge is -2.38. The lowest BCUT2D eigenvalue weighted by atomic mass is 9.79. The number of nitrogens with two attached hydrogens (primary N) is 2. The summed E-state index contributed by atoms with van der Waals surface area (Å²) in [5.41, 5.74) is 11.8. The first-order valence-electron chi connectivity index (χ1n) is 11.1. The maximum atomic E-state index is 12.2. The number of carboxylic acid groups (broad SMARTS) is 1. The van der Waals surface area contributed by atoms with Crippen LogP contribution in [0.3, 0.4) is 0 Å². The van der Waals surface area contributed by atoms with Gasteiger partial charge in [0, 0.05) is 0 Å². The summed E-state index contributed by atoms with van der Waals surface area (Å²) in [5, 5.41) is 7.60. The van der Waals surface area contributed by atoms with Crippen molar-refractivity contribution < 1.29 is 28.9 Å². The summed E-state index contributed by atoms with van der Waals surface area (Å²) in [6.45, 7) is 1.60. The van der Waals surface area contributed by atoms with Gasteiger partial charge in [-0.1, -0.05) is 61.5 Å². The van der Waals surface area contributed by atoms with E-state index in [0.717, 1.165) is 28.2 Å². The molecule has 1 atom stereocenters. The molecule has 0 aliphatic carbocycles. The molecular weight excluding hydrogens is 448 g/mol. The number of hydrogen-bond acceptors (Lipinski definition) is 6. The Hall–Kier alpha value is -3.88. The average Bonchev–Trinajstić information content (AvgIpc) is 2.90. The van der Waals surface area contributed by atoms with Crippen molar-refractivity contribution in [2.75, 3.05) is 20.8 Å². The van der Waals surface area contributed by atoms with Gasteiger partial charge >= 0.3 is 5.97 Å². The van der Waals surface area contributed by atoms with Gasteiger partial charge in [0.2, 0.25) is 5.91 Å². The molecule has 0 bridgehead atoms. The van der Waals surface area contributed by atoms with Crippen LogP contribution in [0.1, 0.15) is 30.0 Å². The van der Waals surface area contributed by atoms with Gasteiger partial charge < -0.3 is 30.8 Å². The summed E-state index contributed by atoms with van der Waals surface area (Å²) >= 11 is 0. The highest BCUT2D eigenvalue weighted by molar-refractivity contribution is 5.79. The van der Waals surface area contributed by atoms with Gasteiger partial charge in [-0.25, -0.2) is 0 Å². The van der Waals surface area contributed by atoms with E-state index in [9.17, 15) is 9.59 Å². The van der Waals surface area contributed by atoms with Crippen LogP contribution in [0.15, 0.2) is 78.9 Å². The topological polar surface area (TPSA) is 134 Å². The molecule has 0 radical (unpaired) electrons. The number of primary amides is 1. The minimum absolute atomic E-state index is 0.278. The van der Waals surface area contributed by atoms with Gasteiger partial charge in [0.15, 0.2) is 0 Å². The molecule has 0 heterocycles. The number of aliphatic carboxylic acids is 1. The molecule has 0 fully saturated rings. The molecular formula is C27H32N2O6. The molecule has 0 aliphatic rings. The molecule has 186 valence electrons. The van der Waals surface area contributed by atoms with Gasteiger partial charge in [0.1, 0.15) is 23.2 Å². The number of carboxylic acids is 1. The Morgan fingerprint density at radius 2 is 1.23 bits per heavy atom. The third-order valence-electron chi connectivity index (χ3n) is 5.36. The van der Waals surface area contributed by atoms with E-state index in [1.54, 1.807) is 14.2 Å². The second-order valence-electron chi connectivity index (χ2n) is 7.52. The third-order valence-corrected chi connectivity index (χ3v) is 5.36. The Balaban J connectivity index is 0.000000784. The van der Waals surface area contributed by atoms with Crippen molar-refractivity contribution in [2.45, 2.75) is 25.0 Å². The molecule has 35 heavy (non-hydrogen) atoms. The van der Waals surface area contributed by atoms with Crippen LogP contribution < -0.4 is 20.9 Å². The van der Waals surface area contributed by atoms with Crippen molar-refractivity contribution in [2.24, 2.45) is 11.5 Å². The van der Waals surface area contributed by atoms with Crippen molar-refractivity contribution >= 4 is 11.9 Å². The van der Waals surface area contributed by atoms with E-state index in [2.05, 4.69) is 5.73 Å². The number of carbonyl (C=O) groups is 2. The van der Waals surface area contributed by atoms with Crippen LogP contribution in [0.5, 0.6) is 11.5 Å². The van der Waals surface area contributed by atoms with Gasteiger partial charge in [0.05, 0.1) is 20.8 Å². The van der Waals surface area contributed by atoms with Crippen LogP contribution in [0.4, 0.5) is 0 Å². The van der Waals surface area contributed by atoms with Gasteiger partial charge in [-0.05, 0) is 47.4 Å². The molecule has 0 saturated carbocycles. The molecule has 8 heteroatoms. The largest absolute Gasteiger partial charge is 0.497 e. The monoisotopic (exact) mass is 480 g/mol. The van der Waals surface area contributed by atoms with Crippen molar-refractivity contribution in [1.82, 2.24) is 0 Å². The van der Waals surface area contributed by atoms with E-state index < -0.39 is 23.6 Å². The second-order valence-corrected chi connectivity index (χ2v) is 7.52. The molecule has 3 aromatic carbocycles. The van der Waals surface area contributed by atoms with Crippen LogP contribution in [-0.2, 0) is 19.9 Å². The van der Waals surface area contributed by atoms with E-state index in [4.69, 9.17) is 25.1 Å². The molecule has 8 nitrogen and oxygen atoms in total. The minimum atomic E-state index is -1.05. The molecule has 1 amide bonds. The number of benzene rings is 3. The van der Waals surface area contributed by atoms with Crippen molar-refractivity contribution in [3.05, 3.63) is 95.6 Å². The Morgan fingerprint density at radius 3 is 1.54 bits per heavy atom. The lowest BCUT2D eigenvalue weighted by Crippen LogP contribution is -2.42. The van der Waals surface area contributed by atoms with Gasteiger partial charge in [-0.3, -0.25) is 9.59 Å². The van der Waals surface area contributed by atoms with Gasteiger partial charge in [0.25, 0.3) is 0 Å². The predicted octanol–water partition coefficient (Wildman–Crippen LogP) is 3.31. The van der Waals surface area contributed by atoms with Crippen LogP contribution in [0.2, 0.25) is 0 Å². The average molecular weight is 481 g/mol. The van der Waals surface area contributed by atoms with Crippen LogP contribution in [0.25, 0.3) is 0 Å². The normalized spacial score (nSPS) is 11.5. The molecule has 5 N–H and O–H groups in total. The SMILES string of the molecule is CCC(OC(c1ccccc1)(c1ccc(OC)cc1)c1ccc(OC)cc1)C(N)=O.NCC(=O)O. The summed E-state index contributed by atoms with van der Waals surface area (Å²) < 4.78 is 17.3. The highest BCUT2D eigenvalue weighted by Gasteiger charge is 2.41. The fourth-order valence-corrected chi connectivity index (χ4v) is 3.58. The summed E-state index contributed by atoms with van der Waals surface area (Å²) in [6, 6.07) is 25.1. The number of amides is 1. The number of hydrogen-bond donors (Lipinski definition) is 3. The summed E-state index contributed by atoms with van der Waals surface area (Å²) in [7, 11) is 3.25. The summed E-state index contributed by atoms with van der Waals surface area (Å²) in [6.07, 6.45) is -0.314. The van der Waals surface area contributed by atoms with E-state index in [1.807, 2.05) is 85.8 Å². The van der Waals surface area contributed by atoms with E-state index in [-0.39, 0.29) is 6.54 Å². The number of methoxy groups -OCH3 is 2. The fourth-order valence-electron chi connectivity index (χ4n) is 3.58. The zero-order chi connectivity index (χ0) is 25.8. The zero-order valence-electron chi connectivity index (χ0n) is 20.1. The van der Waals surface area contributed by atoms with Crippen molar-refractivity contribution in [1.29, 1.82) is 0 Å². The first kappa shape index (κ1) is 27.4. The van der Waals surface area contributed by atoms with Crippen LogP contribution >= 0.6 is 0 Å². The zero-order valence-corrected chi connectivity index (χ0v) is 20.1. The Labute approximate surface area is 205 Å². The van der Waals surface area contributed by atoms with Crippen LogP contribution in [-0.4, -0.2) is 43.9 Å². The molecule has 3 rings (SSSR count). The van der Waals surface area contributed by atoms with Crippen molar-refractivity contribution in [3.8, 4) is 11.5 Å². The van der Waals surface area contributed by atoms with E-state index >= 15 is 0 Å². The first-order chi connectivity index (χ1) is 16.8. The standard InChI is InChI=1S/C25H27NO4.C2H5NO2/c1-4-23(24(26)27)30-25(18-8-6-5-7-9-18,19-10-14-21(28-2)15-11-19)20-12-16-22(29-3)17-13-20;3-1-2(4)5/h5-17,23H,4H2,1-3H3,(H2,26,27);1,3H2,(H,4,5). The molecule has 3 aromatic rings. The second kappa shape index (κ2) is 13.1. The smallest absolute Gasteiger partial charge is 0.317 e. The maximum Gasteiger partial charge on any atom is 0.317 e. The van der Waals surface area contributed by atoms with Crippen LogP contribution in [0, 0.1) is 0 Å². The molecule has 1 unspecified atom stereocenters. The van der Waals surface area contributed by atoms with E-state index in [1.165, 1.54) is 0 Å². The maximum absolute atomic E-state index is 12.2. The van der Waals surface area contributed by atoms with Gasteiger partial charge in [-0.15, -0.1) is 0 Å². The first-order valence-corrected chi connectivity index (χ1v) is 11.1. The lowest BCUT2D eigenvalue weighted by molar-refractivity contribution is -0.137. The quantitative estimate of drug-likeness (QED) is 0.379. The molecule has 0 aliphatic heterocycles. The molecule has 0 spiro atoms. The highest BCUT2D eigenvalue weighted by Crippen LogP contribution is 2.42.